The van der Waals surface area contributed by atoms with Crippen molar-refractivity contribution in [2.45, 2.75) is 52.5 Å². The van der Waals surface area contributed by atoms with Gasteiger partial charge in [0.05, 0.1) is 13.2 Å². The summed E-state index contributed by atoms with van der Waals surface area (Å²) in [6.45, 7) is 7.24. The Bertz CT molecular complexity index is 1100. The zero-order valence-electron chi connectivity index (χ0n) is 18.7. The van der Waals surface area contributed by atoms with Crippen molar-refractivity contribution in [3.63, 3.8) is 0 Å². The van der Waals surface area contributed by atoms with E-state index in [1.807, 2.05) is 12.1 Å². The number of anilines is 3. The van der Waals surface area contributed by atoms with Gasteiger partial charge in [0.2, 0.25) is 11.8 Å². The Labute approximate surface area is 187 Å². The molecule has 0 aliphatic heterocycles. The number of aromatic nitrogens is 5. The molecular weight excluding hydrogens is 406 g/mol. The molecule has 0 fully saturated rings. The van der Waals surface area contributed by atoms with Crippen LogP contribution in [0.3, 0.4) is 0 Å². The highest BCUT2D eigenvalue weighted by atomic mass is 16.5. The van der Waals surface area contributed by atoms with E-state index >= 15 is 0 Å². The van der Waals surface area contributed by atoms with Crippen molar-refractivity contribution in [2.24, 2.45) is 0 Å². The number of aromatic amines is 1. The van der Waals surface area contributed by atoms with Crippen LogP contribution in [0.15, 0.2) is 41.0 Å². The average molecular weight is 436 g/mol. The Balaban J connectivity index is 1.47. The first-order chi connectivity index (χ1) is 15.6. The van der Waals surface area contributed by atoms with Crippen LogP contribution < -0.4 is 15.4 Å². The van der Waals surface area contributed by atoms with Gasteiger partial charge >= 0.3 is 0 Å². The molecule has 1 aliphatic rings. The summed E-state index contributed by atoms with van der Waals surface area (Å²) in [5.74, 6) is 3.25. The molecule has 0 amide bonds. The van der Waals surface area contributed by atoms with Crippen molar-refractivity contribution in [3.8, 4) is 5.88 Å². The van der Waals surface area contributed by atoms with E-state index in [0.717, 1.165) is 36.2 Å². The standard InChI is InChI=1S/C23H29N7O2/c1-4-10-31-22-13-20(25-21-12-18(15(2)3)28-29-21)26-23(27-22)24-14-17-11-19(30-32-17)16-8-6-5-7-9-16/h6,8-9,11-13,15H,4-5,7,10,14H2,1-3H3,(H3,24,25,26,27,28,29). The minimum Gasteiger partial charge on any atom is -0.477 e. The van der Waals surface area contributed by atoms with Crippen molar-refractivity contribution in [3.05, 3.63) is 53.6 Å². The van der Waals surface area contributed by atoms with Crippen LogP contribution in [0, 0.1) is 0 Å². The lowest BCUT2D eigenvalue weighted by molar-refractivity contribution is 0.305. The highest BCUT2D eigenvalue weighted by molar-refractivity contribution is 5.72. The molecule has 32 heavy (non-hydrogen) atoms. The van der Waals surface area contributed by atoms with E-state index in [0.29, 0.717) is 48.3 Å². The Morgan fingerprint density at radius 3 is 2.81 bits per heavy atom. The van der Waals surface area contributed by atoms with E-state index in [-0.39, 0.29) is 0 Å². The summed E-state index contributed by atoms with van der Waals surface area (Å²) in [4.78, 5) is 9.01. The first-order valence-electron chi connectivity index (χ1n) is 11.0. The summed E-state index contributed by atoms with van der Waals surface area (Å²) in [5.41, 5.74) is 2.97. The van der Waals surface area contributed by atoms with Gasteiger partial charge in [-0.15, -0.1) is 0 Å². The third-order valence-corrected chi connectivity index (χ3v) is 4.90. The fourth-order valence-corrected chi connectivity index (χ4v) is 3.18. The first-order valence-corrected chi connectivity index (χ1v) is 11.0. The smallest absolute Gasteiger partial charge is 0.228 e. The Hall–Kier alpha value is -3.62. The Kier molecular flexibility index (Phi) is 6.84. The molecule has 3 N–H and O–H groups in total. The van der Waals surface area contributed by atoms with Crippen LogP contribution in [0.1, 0.15) is 63.1 Å². The minimum absolute atomic E-state index is 0.357. The molecule has 9 heteroatoms. The molecule has 0 spiro atoms. The minimum atomic E-state index is 0.357. The monoisotopic (exact) mass is 435 g/mol. The van der Waals surface area contributed by atoms with Gasteiger partial charge in [0.25, 0.3) is 0 Å². The average Bonchev–Trinajstić information content (AvgIpc) is 3.47. The topological polar surface area (TPSA) is 114 Å². The predicted molar refractivity (Wildman–Crippen MR) is 124 cm³/mol. The molecule has 0 radical (unpaired) electrons. The van der Waals surface area contributed by atoms with Crippen LogP contribution in [0.25, 0.3) is 5.57 Å². The second kappa shape index (κ2) is 10.1. The molecule has 9 nitrogen and oxygen atoms in total. The van der Waals surface area contributed by atoms with Gasteiger partial charge in [-0.25, -0.2) is 0 Å². The molecule has 0 saturated heterocycles. The van der Waals surface area contributed by atoms with Crippen molar-refractivity contribution in [1.82, 2.24) is 25.3 Å². The van der Waals surface area contributed by atoms with Crippen LogP contribution in [0.2, 0.25) is 0 Å². The molecule has 0 bridgehead atoms. The number of H-pyrrole nitrogens is 1. The van der Waals surface area contributed by atoms with Crippen LogP contribution in [0.5, 0.6) is 5.88 Å². The van der Waals surface area contributed by atoms with E-state index in [4.69, 9.17) is 9.26 Å². The molecule has 0 atom stereocenters. The molecule has 0 unspecified atom stereocenters. The lowest BCUT2D eigenvalue weighted by Crippen LogP contribution is -2.07. The molecule has 1 aliphatic carbocycles. The molecule has 3 aromatic rings. The maximum atomic E-state index is 5.74. The zero-order chi connectivity index (χ0) is 22.3. The molecule has 168 valence electrons. The fraction of sp³-hybridized carbons (Fsp3) is 0.391. The number of hydrogen-bond donors (Lipinski definition) is 3. The third-order valence-electron chi connectivity index (χ3n) is 4.90. The van der Waals surface area contributed by atoms with Crippen LogP contribution in [-0.4, -0.2) is 31.9 Å². The second-order valence-electron chi connectivity index (χ2n) is 7.92. The molecule has 0 aromatic carbocycles. The van der Waals surface area contributed by atoms with E-state index in [9.17, 15) is 0 Å². The van der Waals surface area contributed by atoms with Gasteiger partial charge in [-0.2, -0.15) is 15.1 Å². The van der Waals surface area contributed by atoms with E-state index < -0.39 is 0 Å². The molecule has 3 aromatic heterocycles. The maximum absolute atomic E-state index is 5.74. The zero-order valence-corrected chi connectivity index (χ0v) is 18.7. The van der Waals surface area contributed by atoms with Crippen molar-refractivity contribution < 1.29 is 9.26 Å². The summed E-state index contributed by atoms with van der Waals surface area (Å²) < 4.78 is 11.2. The quantitative estimate of drug-likeness (QED) is 0.399. The van der Waals surface area contributed by atoms with E-state index in [2.05, 4.69) is 75.0 Å². The fourth-order valence-electron chi connectivity index (χ4n) is 3.18. The van der Waals surface area contributed by atoms with Crippen molar-refractivity contribution in [2.75, 3.05) is 17.2 Å². The number of ether oxygens (including phenoxy) is 1. The normalized spacial score (nSPS) is 13.3. The summed E-state index contributed by atoms with van der Waals surface area (Å²) in [7, 11) is 0. The molecule has 4 rings (SSSR count). The Morgan fingerprint density at radius 2 is 2.06 bits per heavy atom. The SMILES string of the molecule is CCCOc1cc(Nc2cc(C(C)C)[nH]n2)nc(NCc2cc(C3=CCCC=C3)no2)n1. The van der Waals surface area contributed by atoms with Gasteiger partial charge in [-0.05, 0) is 30.8 Å². The first kappa shape index (κ1) is 21.6. The number of nitrogens with zero attached hydrogens (tertiary/aromatic N) is 4. The second-order valence-corrected chi connectivity index (χ2v) is 7.92. The van der Waals surface area contributed by atoms with Gasteiger partial charge in [-0.1, -0.05) is 44.2 Å². The van der Waals surface area contributed by atoms with Gasteiger partial charge in [0.1, 0.15) is 11.5 Å². The van der Waals surface area contributed by atoms with E-state index in [1.54, 1.807) is 6.07 Å². The number of nitrogens with one attached hydrogen (secondary N) is 3. The third kappa shape index (κ3) is 5.54. The van der Waals surface area contributed by atoms with E-state index in [1.165, 1.54) is 0 Å². The summed E-state index contributed by atoms with van der Waals surface area (Å²) in [5, 5.41) is 17.9. The largest absolute Gasteiger partial charge is 0.477 e. The van der Waals surface area contributed by atoms with Gasteiger partial charge in [0.15, 0.2) is 11.6 Å². The van der Waals surface area contributed by atoms with Crippen LogP contribution in [0.4, 0.5) is 17.6 Å². The number of hydrogen-bond acceptors (Lipinski definition) is 8. The van der Waals surface area contributed by atoms with Gasteiger partial charge in [-0.3, -0.25) is 5.10 Å². The summed E-state index contributed by atoms with van der Waals surface area (Å²) in [6.07, 6.45) is 9.37. The lowest BCUT2D eigenvalue weighted by atomic mass is 10.0. The molecule has 3 heterocycles. The summed E-state index contributed by atoms with van der Waals surface area (Å²) >= 11 is 0. The van der Waals surface area contributed by atoms with Crippen LogP contribution >= 0.6 is 0 Å². The van der Waals surface area contributed by atoms with Crippen LogP contribution in [-0.2, 0) is 6.54 Å². The predicted octanol–water partition coefficient (Wildman–Crippen LogP) is 5.19. The van der Waals surface area contributed by atoms with Gasteiger partial charge in [0, 0.05) is 23.9 Å². The number of rotatable bonds is 10. The highest BCUT2D eigenvalue weighted by Crippen LogP contribution is 2.23. The van der Waals surface area contributed by atoms with Gasteiger partial charge < -0.3 is 19.9 Å². The lowest BCUT2D eigenvalue weighted by Gasteiger charge is -2.10. The highest BCUT2D eigenvalue weighted by Gasteiger charge is 2.12. The summed E-state index contributed by atoms with van der Waals surface area (Å²) in [6, 6.07) is 5.66. The van der Waals surface area contributed by atoms with Crippen molar-refractivity contribution in [1.29, 1.82) is 0 Å². The molecule has 0 saturated carbocycles. The Morgan fingerprint density at radius 1 is 1.16 bits per heavy atom. The molecular formula is C23H29N7O2. The number of allylic oxidation sites excluding steroid dienone is 4. The van der Waals surface area contributed by atoms with Crippen molar-refractivity contribution >= 4 is 23.2 Å². The maximum Gasteiger partial charge on any atom is 0.228 e.